The molecular weight excluding hydrogens is 240 g/mol. The summed E-state index contributed by atoms with van der Waals surface area (Å²) in [5.41, 5.74) is 0.922. The van der Waals surface area contributed by atoms with Crippen LogP contribution in [0.3, 0.4) is 0 Å². The molecule has 1 N–H and O–H groups in total. The number of carbonyl (C=O) groups excluding carboxylic acids is 1. The zero-order valence-electron chi connectivity index (χ0n) is 11.1. The maximum absolute atomic E-state index is 12.3. The lowest BCUT2D eigenvalue weighted by atomic mass is 10.0. The summed E-state index contributed by atoms with van der Waals surface area (Å²) >= 11 is 0. The van der Waals surface area contributed by atoms with Gasteiger partial charge in [0.15, 0.2) is 0 Å². The average molecular weight is 260 g/mol. The van der Waals surface area contributed by atoms with Gasteiger partial charge in [-0.3, -0.25) is 14.7 Å². The summed E-state index contributed by atoms with van der Waals surface area (Å²) in [5.74, 6) is 0.225. The number of carbonyl (C=O) groups is 1. The van der Waals surface area contributed by atoms with E-state index >= 15 is 0 Å². The molecule has 2 fully saturated rings. The first kappa shape index (κ1) is 12.6. The molecule has 1 amide bonds. The van der Waals surface area contributed by atoms with Gasteiger partial charge in [-0.15, -0.1) is 0 Å². The summed E-state index contributed by atoms with van der Waals surface area (Å²) in [6, 6.07) is 4.25. The van der Waals surface area contributed by atoms with E-state index < -0.39 is 0 Å². The Labute approximate surface area is 113 Å². The quantitative estimate of drug-likeness (QED) is 0.840. The van der Waals surface area contributed by atoms with Crippen LogP contribution in [-0.2, 0) is 4.79 Å². The highest BCUT2D eigenvalue weighted by Gasteiger charge is 2.30. The number of aromatic nitrogens is 1. The Morgan fingerprint density at radius 1 is 1.26 bits per heavy atom. The standard InChI is InChI=1S/C14H20N4O/c19-14-10-12(17-8-5-15-6-9-17)3-7-18(14)13-2-1-4-16-11-13/h1-2,4,11-12,15H,3,5-10H2. The van der Waals surface area contributed by atoms with Crippen LogP contribution in [0, 0.1) is 0 Å². The van der Waals surface area contributed by atoms with E-state index in [9.17, 15) is 4.79 Å². The van der Waals surface area contributed by atoms with Gasteiger partial charge in [-0.25, -0.2) is 0 Å². The minimum Gasteiger partial charge on any atom is -0.314 e. The molecule has 0 saturated carbocycles. The molecule has 1 unspecified atom stereocenters. The molecule has 1 atom stereocenters. The van der Waals surface area contributed by atoms with Crippen molar-refractivity contribution in [3.8, 4) is 0 Å². The van der Waals surface area contributed by atoms with Gasteiger partial charge in [-0.05, 0) is 18.6 Å². The Morgan fingerprint density at radius 2 is 2.11 bits per heavy atom. The topological polar surface area (TPSA) is 48.5 Å². The molecule has 5 nitrogen and oxygen atoms in total. The lowest BCUT2D eigenvalue weighted by molar-refractivity contribution is -0.121. The minimum absolute atomic E-state index is 0.225. The number of hydrogen-bond acceptors (Lipinski definition) is 4. The van der Waals surface area contributed by atoms with Crippen molar-refractivity contribution in [2.75, 3.05) is 37.6 Å². The third-order valence-corrected chi connectivity index (χ3v) is 4.02. The second kappa shape index (κ2) is 5.67. The molecule has 102 valence electrons. The minimum atomic E-state index is 0.225. The van der Waals surface area contributed by atoms with E-state index in [0.29, 0.717) is 12.5 Å². The second-order valence-electron chi connectivity index (χ2n) is 5.19. The Hall–Kier alpha value is -1.46. The predicted octanol–water partition coefficient (Wildman–Crippen LogP) is 0.482. The van der Waals surface area contributed by atoms with E-state index in [-0.39, 0.29) is 5.91 Å². The van der Waals surface area contributed by atoms with Crippen molar-refractivity contribution in [3.05, 3.63) is 24.5 Å². The molecule has 0 bridgehead atoms. The van der Waals surface area contributed by atoms with Crippen molar-refractivity contribution < 1.29 is 4.79 Å². The fourth-order valence-corrected chi connectivity index (χ4v) is 2.96. The molecule has 3 heterocycles. The SMILES string of the molecule is O=C1CC(N2CCNCC2)CCN1c1cccnc1. The van der Waals surface area contributed by atoms with E-state index in [1.807, 2.05) is 17.0 Å². The fraction of sp³-hybridized carbons (Fsp3) is 0.571. The van der Waals surface area contributed by atoms with Gasteiger partial charge in [0.2, 0.25) is 5.91 Å². The maximum atomic E-state index is 12.3. The van der Waals surface area contributed by atoms with Gasteiger partial charge in [-0.2, -0.15) is 0 Å². The van der Waals surface area contributed by atoms with Crippen molar-refractivity contribution in [3.63, 3.8) is 0 Å². The Bertz CT molecular complexity index is 430. The highest BCUT2D eigenvalue weighted by atomic mass is 16.2. The Kier molecular flexibility index (Phi) is 3.75. The van der Waals surface area contributed by atoms with E-state index in [0.717, 1.165) is 44.8 Å². The molecule has 0 spiro atoms. The first-order valence-corrected chi connectivity index (χ1v) is 7.00. The average Bonchev–Trinajstić information content (AvgIpc) is 2.49. The predicted molar refractivity (Wildman–Crippen MR) is 74.1 cm³/mol. The number of anilines is 1. The molecule has 0 aliphatic carbocycles. The van der Waals surface area contributed by atoms with Crippen LogP contribution in [0.2, 0.25) is 0 Å². The molecule has 5 heteroatoms. The van der Waals surface area contributed by atoms with E-state index in [1.54, 1.807) is 12.4 Å². The molecule has 1 aromatic heterocycles. The fourth-order valence-electron chi connectivity index (χ4n) is 2.96. The molecular formula is C14H20N4O. The van der Waals surface area contributed by atoms with Gasteiger partial charge in [0.05, 0.1) is 11.9 Å². The lowest BCUT2D eigenvalue weighted by Crippen LogP contribution is -2.53. The monoisotopic (exact) mass is 260 g/mol. The van der Waals surface area contributed by atoms with Crippen LogP contribution >= 0.6 is 0 Å². The van der Waals surface area contributed by atoms with Gasteiger partial charge in [-0.1, -0.05) is 0 Å². The van der Waals surface area contributed by atoms with Crippen molar-refractivity contribution in [1.29, 1.82) is 0 Å². The second-order valence-corrected chi connectivity index (χ2v) is 5.19. The van der Waals surface area contributed by atoms with Crippen LogP contribution in [0.1, 0.15) is 12.8 Å². The highest BCUT2D eigenvalue weighted by molar-refractivity contribution is 5.94. The number of nitrogens with one attached hydrogen (secondary N) is 1. The summed E-state index contributed by atoms with van der Waals surface area (Å²) in [7, 11) is 0. The Morgan fingerprint density at radius 3 is 2.79 bits per heavy atom. The molecule has 2 aliphatic rings. The van der Waals surface area contributed by atoms with Crippen LogP contribution < -0.4 is 10.2 Å². The van der Waals surface area contributed by atoms with Crippen LogP contribution in [-0.4, -0.2) is 54.6 Å². The molecule has 1 aromatic rings. The molecule has 0 radical (unpaired) electrons. The zero-order chi connectivity index (χ0) is 13.1. The number of piperazine rings is 1. The molecule has 2 aliphatic heterocycles. The number of rotatable bonds is 2. The third-order valence-electron chi connectivity index (χ3n) is 4.02. The normalized spacial score (nSPS) is 25.6. The zero-order valence-corrected chi connectivity index (χ0v) is 11.1. The first-order chi connectivity index (χ1) is 9.34. The summed E-state index contributed by atoms with van der Waals surface area (Å²) in [5, 5.41) is 3.35. The largest absolute Gasteiger partial charge is 0.314 e. The first-order valence-electron chi connectivity index (χ1n) is 7.00. The van der Waals surface area contributed by atoms with E-state index in [1.165, 1.54) is 0 Å². The smallest absolute Gasteiger partial charge is 0.228 e. The number of nitrogens with zero attached hydrogens (tertiary/aromatic N) is 3. The number of pyridine rings is 1. The van der Waals surface area contributed by atoms with Crippen molar-refractivity contribution >= 4 is 11.6 Å². The number of amides is 1. The summed E-state index contributed by atoms with van der Waals surface area (Å²) in [4.78, 5) is 20.7. The van der Waals surface area contributed by atoms with Crippen LogP contribution in [0.15, 0.2) is 24.5 Å². The molecule has 0 aromatic carbocycles. The number of piperidine rings is 1. The van der Waals surface area contributed by atoms with E-state index in [2.05, 4.69) is 15.2 Å². The van der Waals surface area contributed by atoms with Gasteiger partial charge >= 0.3 is 0 Å². The molecule has 3 rings (SSSR count). The van der Waals surface area contributed by atoms with Crippen molar-refractivity contribution in [2.45, 2.75) is 18.9 Å². The lowest BCUT2D eigenvalue weighted by Gasteiger charge is -2.39. The number of hydrogen-bond donors (Lipinski definition) is 1. The van der Waals surface area contributed by atoms with Gasteiger partial charge < -0.3 is 10.2 Å². The van der Waals surface area contributed by atoms with Gasteiger partial charge in [0.1, 0.15) is 0 Å². The summed E-state index contributed by atoms with van der Waals surface area (Å²) < 4.78 is 0. The third kappa shape index (κ3) is 2.77. The van der Waals surface area contributed by atoms with Gasteiger partial charge in [0.25, 0.3) is 0 Å². The highest BCUT2D eigenvalue weighted by Crippen LogP contribution is 2.23. The van der Waals surface area contributed by atoms with E-state index in [4.69, 9.17) is 0 Å². The molecule has 19 heavy (non-hydrogen) atoms. The van der Waals surface area contributed by atoms with Crippen molar-refractivity contribution in [2.24, 2.45) is 0 Å². The van der Waals surface area contributed by atoms with Gasteiger partial charge in [0, 0.05) is 51.4 Å². The Balaban J connectivity index is 1.64. The maximum Gasteiger partial charge on any atom is 0.228 e. The molecule has 2 saturated heterocycles. The van der Waals surface area contributed by atoms with Crippen LogP contribution in [0.5, 0.6) is 0 Å². The van der Waals surface area contributed by atoms with Crippen LogP contribution in [0.25, 0.3) is 0 Å². The summed E-state index contributed by atoms with van der Waals surface area (Å²) in [6.07, 6.45) is 5.19. The summed E-state index contributed by atoms with van der Waals surface area (Å²) in [6.45, 7) is 5.00. The van der Waals surface area contributed by atoms with Crippen molar-refractivity contribution in [1.82, 2.24) is 15.2 Å². The van der Waals surface area contributed by atoms with Crippen LogP contribution in [0.4, 0.5) is 5.69 Å².